The van der Waals surface area contributed by atoms with E-state index in [9.17, 15) is 14.4 Å². The zero-order valence-electron chi connectivity index (χ0n) is 8.72. The second kappa shape index (κ2) is 3.33. The number of Topliss-reactive ketones (excluding diaryl/α,β-unsaturated/α-hetero) is 3. The molecule has 0 aliphatic heterocycles. The molecule has 0 unspecified atom stereocenters. The Morgan fingerprint density at radius 1 is 0.857 bits per heavy atom. The van der Waals surface area contributed by atoms with Crippen LogP contribution in [-0.4, -0.2) is 17.3 Å². The SMILES string of the molecule is CC(=O)C1=C(C)C(=O)C(C)=C(C)C1=O. The standard InChI is InChI=1S/C11H12O3/c1-5-6(2)11(14)9(8(4)12)7(3)10(5)13/h1-4H3. The lowest BCUT2D eigenvalue weighted by Crippen LogP contribution is -2.24. The van der Waals surface area contributed by atoms with Crippen molar-refractivity contribution in [2.24, 2.45) is 0 Å². The van der Waals surface area contributed by atoms with Crippen molar-refractivity contribution in [3.63, 3.8) is 0 Å². The zero-order valence-corrected chi connectivity index (χ0v) is 8.72. The van der Waals surface area contributed by atoms with Gasteiger partial charge in [0.2, 0.25) is 0 Å². The molecule has 0 spiro atoms. The minimum atomic E-state index is -0.340. The van der Waals surface area contributed by atoms with Gasteiger partial charge in [-0.05, 0) is 27.7 Å². The van der Waals surface area contributed by atoms with Gasteiger partial charge in [0.15, 0.2) is 17.3 Å². The molecule has 0 saturated heterocycles. The second-order valence-electron chi connectivity index (χ2n) is 3.46. The Morgan fingerprint density at radius 3 is 1.71 bits per heavy atom. The van der Waals surface area contributed by atoms with Gasteiger partial charge >= 0.3 is 0 Å². The molecule has 14 heavy (non-hydrogen) atoms. The molecule has 0 aromatic rings. The zero-order chi connectivity index (χ0) is 11.0. The van der Waals surface area contributed by atoms with Gasteiger partial charge in [0.05, 0.1) is 5.57 Å². The fourth-order valence-electron chi connectivity index (χ4n) is 1.52. The van der Waals surface area contributed by atoms with Gasteiger partial charge in [-0.1, -0.05) is 0 Å². The van der Waals surface area contributed by atoms with Crippen LogP contribution in [0.5, 0.6) is 0 Å². The highest BCUT2D eigenvalue weighted by Crippen LogP contribution is 2.24. The van der Waals surface area contributed by atoms with Gasteiger partial charge in [0.1, 0.15) is 0 Å². The van der Waals surface area contributed by atoms with Crippen LogP contribution in [0.15, 0.2) is 22.3 Å². The molecule has 0 aromatic carbocycles. The maximum Gasteiger partial charge on any atom is 0.193 e. The van der Waals surface area contributed by atoms with Crippen LogP contribution >= 0.6 is 0 Å². The lowest BCUT2D eigenvalue weighted by Gasteiger charge is -2.16. The third kappa shape index (κ3) is 1.35. The Hall–Kier alpha value is -1.51. The highest BCUT2D eigenvalue weighted by atomic mass is 16.2. The molecule has 0 bridgehead atoms. The Labute approximate surface area is 82.5 Å². The lowest BCUT2D eigenvalue weighted by molar-refractivity contribution is -0.121. The van der Waals surface area contributed by atoms with Crippen LogP contribution in [0.2, 0.25) is 0 Å². The molecule has 0 amide bonds. The number of carbonyl (C=O) groups is 3. The van der Waals surface area contributed by atoms with E-state index in [4.69, 9.17) is 0 Å². The summed E-state index contributed by atoms with van der Waals surface area (Å²) < 4.78 is 0. The fourth-order valence-corrected chi connectivity index (χ4v) is 1.52. The molecular weight excluding hydrogens is 180 g/mol. The van der Waals surface area contributed by atoms with E-state index in [1.165, 1.54) is 13.8 Å². The van der Waals surface area contributed by atoms with Crippen molar-refractivity contribution in [1.29, 1.82) is 0 Å². The van der Waals surface area contributed by atoms with Gasteiger partial charge in [0, 0.05) is 16.7 Å². The fraction of sp³-hybridized carbons (Fsp3) is 0.364. The van der Waals surface area contributed by atoms with Crippen LogP contribution in [0.1, 0.15) is 27.7 Å². The van der Waals surface area contributed by atoms with Crippen LogP contribution in [0, 0.1) is 0 Å². The number of hydrogen-bond acceptors (Lipinski definition) is 3. The molecular formula is C11H12O3. The van der Waals surface area contributed by atoms with Gasteiger partial charge in [-0.3, -0.25) is 14.4 Å². The molecule has 1 rings (SSSR count). The molecule has 1 aliphatic carbocycles. The van der Waals surface area contributed by atoms with Crippen molar-refractivity contribution in [3.8, 4) is 0 Å². The van der Waals surface area contributed by atoms with Crippen molar-refractivity contribution < 1.29 is 14.4 Å². The summed E-state index contributed by atoms with van der Waals surface area (Å²) in [6.45, 7) is 6.01. The second-order valence-corrected chi connectivity index (χ2v) is 3.46. The van der Waals surface area contributed by atoms with Gasteiger partial charge in [-0.25, -0.2) is 0 Å². The summed E-state index contributed by atoms with van der Waals surface area (Å²) in [5.74, 6) is -0.855. The van der Waals surface area contributed by atoms with Gasteiger partial charge in [0.25, 0.3) is 0 Å². The largest absolute Gasteiger partial charge is 0.294 e. The number of carbonyl (C=O) groups excluding carboxylic acids is 3. The maximum atomic E-state index is 11.6. The molecule has 0 aromatic heterocycles. The molecule has 0 fully saturated rings. The molecule has 1 aliphatic rings. The molecule has 3 nitrogen and oxygen atoms in total. The summed E-state index contributed by atoms with van der Waals surface area (Å²) in [6.07, 6.45) is 0. The lowest BCUT2D eigenvalue weighted by atomic mass is 9.84. The first-order valence-corrected chi connectivity index (χ1v) is 4.36. The highest BCUT2D eigenvalue weighted by Gasteiger charge is 2.29. The third-order valence-corrected chi connectivity index (χ3v) is 2.54. The minimum Gasteiger partial charge on any atom is -0.294 e. The minimum absolute atomic E-state index is 0.0399. The van der Waals surface area contributed by atoms with E-state index < -0.39 is 0 Å². The third-order valence-electron chi connectivity index (χ3n) is 2.54. The Kier molecular flexibility index (Phi) is 2.51. The van der Waals surface area contributed by atoms with E-state index in [-0.39, 0.29) is 28.5 Å². The number of hydrogen-bond donors (Lipinski definition) is 0. The average Bonchev–Trinajstić information content (AvgIpc) is 2.11. The van der Waals surface area contributed by atoms with Crippen LogP contribution in [0.3, 0.4) is 0 Å². The van der Waals surface area contributed by atoms with Crippen molar-refractivity contribution in [2.75, 3.05) is 0 Å². The summed E-state index contributed by atoms with van der Waals surface area (Å²) in [6, 6.07) is 0. The maximum absolute atomic E-state index is 11.6. The Bertz CT molecular complexity index is 408. The normalized spacial score (nSPS) is 18.0. The molecule has 0 atom stereocenters. The number of allylic oxidation sites excluding steroid dienone is 4. The van der Waals surface area contributed by atoms with Crippen molar-refractivity contribution >= 4 is 17.3 Å². The van der Waals surface area contributed by atoms with E-state index in [1.54, 1.807) is 13.8 Å². The molecule has 0 saturated carbocycles. The van der Waals surface area contributed by atoms with Crippen LogP contribution in [0.4, 0.5) is 0 Å². The van der Waals surface area contributed by atoms with E-state index in [0.29, 0.717) is 11.1 Å². The van der Waals surface area contributed by atoms with E-state index >= 15 is 0 Å². The van der Waals surface area contributed by atoms with Crippen molar-refractivity contribution in [1.82, 2.24) is 0 Å². The summed E-state index contributed by atoms with van der Waals surface area (Å²) in [5.41, 5.74) is 1.13. The summed E-state index contributed by atoms with van der Waals surface area (Å²) >= 11 is 0. The summed E-state index contributed by atoms with van der Waals surface area (Å²) in [7, 11) is 0. The molecule has 74 valence electrons. The van der Waals surface area contributed by atoms with Crippen LogP contribution in [-0.2, 0) is 14.4 Å². The van der Waals surface area contributed by atoms with E-state index in [2.05, 4.69) is 0 Å². The average molecular weight is 192 g/mol. The smallest absolute Gasteiger partial charge is 0.193 e. The number of rotatable bonds is 1. The van der Waals surface area contributed by atoms with Crippen molar-refractivity contribution in [3.05, 3.63) is 22.3 Å². The van der Waals surface area contributed by atoms with Gasteiger partial charge in [-0.15, -0.1) is 0 Å². The van der Waals surface area contributed by atoms with Crippen molar-refractivity contribution in [2.45, 2.75) is 27.7 Å². The topological polar surface area (TPSA) is 51.2 Å². The molecule has 3 heteroatoms. The predicted octanol–water partition coefficient (Wildman–Crippen LogP) is 1.38. The van der Waals surface area contributed by atoms with E-state index in [0.717, 1.165) is 0 Å². The first kappa shape index (κ1) is 10.6. The molecule has 0 heterocycles. The molecule has 0 N–H and O–H groups in total. The number of ketones is 3. The van der Waals surface area contributed by atoms with Crippen LogP contribution in [0.25, 0.3) is 0 Å². The van der Waals surface area contributed by atoms with Crippen LogP contribution < -0.4 is 0 Å². The van der Waals surface area contributed by atoms with Gasteiger partial charge in [-0.2, -0.15) is 0 Å². The highest BCUT2D eigenvalue weighted by molar-refractivity contribution is 6.34. The quantitative estimate of drug-likeness (QED) is 0.466. The summed E-state index contributed by atoms with van der Waals surface area (Å²) in [4.78, 5) is 34.4. The molecule has 0 radical (unpaired) electrons. The summed E-state index contributed by atoms with van der Waals surface area (Å²) in [5, 5.41) is 0. The predicted molar refractivity (Wildman–Crippen MR) is 51.8 cm³/mol. The van der Waals surface area contributed by atoms with E-state index in [1.807, 2.05) is 0 Å². The Balaban J connectivity index is 3.41. The van der Waals surface area contributed by atoms with Gasteiger partial charge < -0.3 is 0 Å². The first-order valence-electron chi connectivity index (χ1n) is 4.36. The first-order chi connectivity index (χ1) is 6.37. The monoisotopic (exact) mass is 192 g/mol. The Morgan fingerprint density at radius 2 is 1.29 bits per heavy atom.